The molecular weight excluding hydrogens is 274 g/mol. The second-order valence-corrected chi connectivity index (χ2v) is 7.94. The van der Waals surface area contributed by atoms with Gasteiger partial charge in [-0.25, -0.2) is 0 Å². The molecule has 0 aromatic heterocycles. The predicted octanol–water partition coefficient (Wildman–Crippen LogP) is 2.14. The van der Waals surface area contributed by atoms with Gasteiger partial charge >= 0.3 is 0 Å². The minimum absolute atomic E-state index is 0.0561. The lowest BCUT2D eigenvalue weighted by atomic mass is 9.85. The van der Waals surface area contributed by atoms with E-state index >= 15 is 0 Å². The van der Waals surface area contributed by atoms with Gasteiger partial charge in [-0.3, -0.25) is 9.69 Å². The van der Waals surface area contributed by atoms with Gasteiger partial charge in [-0.2, -0.15) is 0 Å². The Balaban J connectivity index is 1.42. The van der Waals surface area contributed by atoms with Gasteiger partial charge in [-0.15, -0.1) is 0 Å². The molecule has 3 aliphatic rings. The number of rotatable bonds is 4. The summed E-state index contributed by atoms with van der Waals surface area (Å²) >= 11 is 0. The van der Waals surface area contributed by atoms with Crippen molar-refractivity contribution >= 4 is 5.91 Å². The van der Waals surface area contributed by atoms with Crippen LogP contribution in [0, 0.1) is 11.8 Å². The topological polar surface area (TPSA) is 44.4 Å². The molecule has 0 aromatic rings. The van der Waals surface area contributed by atoms with Crippen LogP contribution >= 0.6 is 0 Å². The summed E-state index contributed by atoms with van der Waals surface area (Å²) in [5.41, 5.74) is 0. The molecule has 1 amide bonds. The molecule has 4 heteroatoms. The van der Waals surface area contributed by atoms with E-state index < -0.39 is 0 Å². The lowest BCUT2D eigenvalue weighted by Gasteiger charge is -2.35. The Hall–Kier alpha value is -0.610. The molecule has 1 aliphatic carbocycles. The van der Waals surface area contributed by atoms with E-state index in [1.807, 2.05) is 0 Å². The molecule has 5 unspecified atom stereocenters. The Morgan fingerprint density at radius 2 is 2.09 bits per heavy atom. The van der Waals surface area contributed by atoms with Gasteiger partial charge in [0.05, 0.1) is 6.04 Å². The van der Waals surface area contributed by atoms with E-state index in [1.165, 1.54) is 51.6 Å². The average Bonchev–Trinajstić information content (AvgIpc) is 2.96. The summed E-state index contributed by atoms with van der Waals surface area (Å²) in [5.74, 6) is 1.77. The zero-order chi connectivity index (χ0) is 15.5. The molecule has 126 valence electrons. The third-order valence-corrected chi connectivity index (χ3v) is 6.06. The fraction of sp³-hybridized carbons (Fsp3) is 0.944. The molecule has 2 heterocycles. The Labute approximate surface area is 135 Å². The van der Waals surface area contributed by atoms with Gasteiger partial charge in [0.2, 0.25) is 5.91 Å². The van der Waals surface area contributed by atoms with Crippen molar-refractivity contribution in [3.8, 4) is 0 Å². The molecule has 2 saturated heterocycles. The lowest BCUT2D eigenvalue weighted by Crippen LogP contribution is -2.49. The van der Waals surface area contributed by atoms with Crippen LogP contribution in [0.5, 0.6) is 0 Å². The van der Waals surface area contributed by atoms with E-state index in [9.17, 15) is 4.79 Å². The minimum Gasteiger partial charge on any atom is -0.353 e. The van der Waals surface area contributed by atoms with Crippen LogP contribution in [0.25, 0.3) is 0 Å². The van der Waals surface area contributed by atoms with E-state index in [0.717, 1.165) is 24.8 Å². The van der Waals surface area contributed by atoms with Crippen LogP contribution in [0.15, 0.2) is 0 Å². The standard InChI is InChI=1S/C18H33N3O/c1-13-6-5-9-21(12-13)14(2)11-19-18(22)17-10-15-7-3-4-8-16(15)20-17/h13-17,20H,3-12H2,1-2H3,(H,19,22). The predicted molar refractivity (Wildman–Crippen MR) is 89.7 cm³/mol. The van der Waals surface area contributed by atoms with Crippen molar-refractivity contribution in [2.45, 2.75) is 76.9 Å². The largest absolute Gasteiger partial charge is 0.353 e. The fourth-order valence-electron chi connectivity index (χ4n) is 4.65. The van der Waals surface area contributed by atoms with Gasteiger partial charge in [-0.05, 0) is 57.4 Å². The van der Waals surface area contributed by atoms with Crippen molar-refractivity contribution in [1.29, 1.82) is 0 Å². The third kappa shape index (κ3) is 3.83. The van der Waals surface area contributed by atoms with Crippen LogP contribution in [0.4, 0.5) is 0 Å². The number of likely N-dealkylation sites (tertiary alicyclic amines) is 1. The van der Waals surface area contributed by atoms with E-state index in [4.69, 9.17) is 0 Å². The molecule has 5 atom stereocenters. The molecule has 2 N–H and O–H groups in total. The zero-order valence-corrected chi connectivity index (χ0v) is 14.3. The van der Waals surface area contributed by atoms with E-state index in [1.54, 1.807) is 0 Å². The Kier molecular flexibility index (Phi) is 5.40. The molecule has 0 bridgehead atoms. The third-order valence-electron chi connectivity index (χ3n) is 6.06. The molecule has 1 saturated carbocycles. The maximum Gasteiger partial charge on any atom is 0.237 e. The highest BCUT2D eigenvalue weighted by Crippen LogP contribution is 2.33. The average molecular weight is 307 g/mol. The maximum absolute atomic E-state index is 12.4. The van der Waals surface area contributed by atoms with Crippen LogP contribution in [0.1, 0.15) is 58.8 Å². The number of carbonyl (C=O) groups excluding carboxylic acids is 1. The fourth-order valence-corrected chi connectivity index (χ4v) is 4.65. The Morgan fingerprint density at radius 1 is 1.27 bits per heavy atom. The summed E-state index contributed by atoms with van der Waals surface area (Å²) in [6.45, 7) is 7.75. The Bertz CT molecular complexity index is 373. The highest BCUT2D eigenvalue weighted by molar-refractivity contribution is 5.82. The number of hydrogen-bond donors (Lipinski definition) is 2. The molecule has 4 nitrogen and oxygen atoms in total. The summed E-state index contributed by atoms with van der Waals surface area (Å²) < 4.78 is 0. The zero-order valence-electron chi connectivity index (χ0n) is 14.3. The van der Waals surface area contributed by atoms with Crippen LogP contribution in [-0.2, 0) is 4.79 Å². The Morgan fingerprint density at radius 3 is 2.86 bits per heavy atom. The van der Waals surface area contributed by atoms with Crippen LogP contribution in [-0.4, -0.2) is 48.6 Å². The van der Waals surface area contributed by atoms with Gasteiger partial charge in [0.1, 0.15) is 0 Å². The molecule has 3 fully saturated rings. The maximum atomic E-state index is 12.4. The summed E-state index contributed by atoms with van der Waals surface area (Å²) in [6.07, 6.45) is 8.94. The second kappa shape index (κ2) is 7.31. The normalized spacial score (nSPS) is 37.5. The van der Waals surface area contributed by atoms with Crippen LogP contribution in [0.2, 0.25) is 0 Å². The summed E-state index contributed by atoms with van der Waals surface area (Å²) in [6, 6.07) is 1.11. The second-order valence-electron chi connectivity index (χ2n) is 7.94. The number of piperidine rings is 1. The monoisotopic (exact) mass is 307 g/mol. The molecule has 22 heavy (non-hydrogen) atoms. The highest BCUT2D eigenvalue weighted by Gasteiger charge is 2.38. The summed E-state index contributed by atoms with van der Waals surface area (Å²) in [4.78, 5) is 15.0. The van der Waals surface area contributed by atoms with Gasteiger partial charge in [0.25, 0.3) is 0 Å². The highest BCUT2D eigenvalue weighted by atomic mass is 16.2. The first-order valence-electron chi connectivity index (χ1n) is 9.41. The molecule has 3 rings (SSSR count). The van der Waals surface area contributed by atoms with Crippen LogP contribution in [0.3, 0.4) is 0 Å². The number of fused-ring (bicyclic) bond motifs is 1. The molecule has 2 aliphatic heterocycles. The number of nitrogens with zero attached hydrogens (tertiary/aromatic N) is 1. The van der Waals surface area contributed by atoms with Crippen molar-refractivity contribution < 1.29 is 4.79 Å². The molecule has 0 spiro atoms. The van der Waals surface area contributed by atoms with E-state index in [2.05, 4.69) is 29.4 Å². The number of amides is 1. The van der Waals surface area contributed by atoms with Crippen molar-refractivity contribution in [3.63, 3.8) is 0 Å². The SMILES string of the molecule is CC1CCCN(C(C)CNC(=O)C2CC3CCCCC3N2)C1. The smallest absolute Gasteiger partial charge is 0.237 e. The number of hydrogen-bond acceptors (Lipinski definition) is 3. The summed E-state index contributed by atoms with van der Waals surface area (Å²) in [5, 5.41) is 6.78. The summed E-state index contributed by atoms with van der Waals surface area (Å²) in [7, 11) is 0. The molecular formula is C18H33N3O. The van der Waals surface area contributed by atoms with Crippen molar-refractivity contribution in [1.82, 2.24) is 15.5 Å². The van der Waals surface area contributed by atoms with Crippen molar-refractivity contribution in [2.24, 2.45) is 11.8 Å². The number of nitrogens with one attached hydrogen (secondary N) is 2. The van der Waals surface area contributed by atoms with E-state index in [-0.39, 0.29) is 11.9 Å². The molecule has 0 radical (unpaired) electrons. The first-order valence-corrected chi connectivity index (χ1v) is 9.41. The van der Waals surface area contributed by atoms with Crippen molar-refractivity contribution in [3.05, 3.63) is 0 Å². The lowest BCUT2D eigenvalue weighted by molar-refractivity contribution is -0.123. The molecule has 0 aromatic carbocycles. The van der Waals surface area contributed by atoms with Gasteiger partial charge < -0.3 is 10.6 Å². The van der Waals surface area contributed by atoms with Gasteiger partial charge in [-0.1, -0.05) is 19.8 Å². The minimum atomic E-state index is 0.0561. The quantitative estimate of drug-likeness (QED) is 0.836. The van der Waals surface area contributed by atoms with Crippen LogP contribution < -0.4 is 10.6 Å². The van der Waals surface area contributed by atoms with Gasteiger partial charge in [0.15, 0.2) is 0 Å². The van der Waals surface area contributed by atoms with Gasteiger partial charge in [0, 0.05) is 25.2 Å². The number of carbonyl (C=O) groups is 1. The first kappa shape index (κ1) is 16.3. The first-order chi connectivity index (χ1) is 10.6. The van der Waals surface area contributed by atoms with E-state index in [0.29, 0.717) is 12.1 Å². The van der Waals surface area contributed by atoms with Crippen molar-refractivity contribution in [2.75, 3.05) is 19.6 Å².